The van der Waals surface area contributed by atoms with E-state index in [0.717, 1.165) is 13.0 Å². The number of carbonyl (C=O) groups is 1. The van der Waals surface area contributed by atoms with Crippen molar-refractivity contribution in [3.63, 3.8) is 0 Å². The van der Waals surface area contributed by atoms with Crippen molar-refractivity contribution >= 4 is 5.78 Å². The van der Waals surface area contributed by atoms with Crippen LogP contribution in [0.15, 0.2) is 42.1 Å². The Bertz CT molecular complexity index is 420. The summed E-state index contributed by atoms with van der Waals surface area (Å²) in [7, 11) is 0. The molecule has 0 saturated carbocycles. The number of ketones is 1. The molecular formula is C15H19NO. The Labute approximate surface area is 103 Å². The van der Waals surface area contributed by atoms with Crippen molar-refractivity contribution in [3.8, 4) is 0 Å². The zero-order valence-corrected chi connectivity index (χ0v) is 10.5. The summed E-state index contributed by atoms with van der Waals surface area (Å²) in [4.78, 5) is 13.6. The van der Waals surface area contributed by atoms with E-state index < -0.39 is 0 Å². The molecule has 2 heteroatoms. The first-order valence-electron chi connectivity index (χ1n) is 6.21. The van der Waals surface area contributed by atoms with Gasteiger partial charge >= 0.3 is 0 Å². The van der Waals surface area contributed by atoms with Crippen LogP contribution in [0.5, 0.6) is 0 Å². The minimum absolute atomic E-state index is 0.263. The first kappa shape index (κ1) is 11.9. The Balaban J connectivity index is 2.14. The van der Waals surface area contributed by atoms with E-state index in [-0.39, 0.29) is 5.78 Å². The standard InChI is InChI=1S/C15H19NO/c1-12(2)16(14-8-9-15(17)10-14)11-13-6-4-3-5-7-13/h3-7,10,12H,8-9,11H2,1-2H3. The molecule has 1 aliphatic carbocycles. The van der Waals surface area contributed by atoms with E-state index in [2.05, 4.69) is 43.0 Å². The Kier molecular flexibility index (Phi) is 3.62. The predicted molar refractivity (Wildman–Crippen MR) is 69.4 cm³/mol. The van der Waals surface area contributed by atoms with E-state index in [4.69, 9.17) is 0 Å². The van der Waals surface area contributed by atoms with Gasteiger partial charge in [0.25, 0.3) is 0 Å². The summed E-state index contributed by atoms with van der Waals surface area (Å²) < 4.78 is 0. The van der Waals surface area contributed by atoms with Crippen LogP contribution in [0.3, 0.4) is 0 Å². The molecule has 0 spiro atoms. The molecule has 1 aromatic carbocycles. The third-order valence-electron chi connectivity index (χ3n) is 3.14. The zero-order valence-electron chi connectivity index (χ0n) is 10.5. The topological polar surface area (TPSA) is 20.3 Å². The molecule has 0 N–H and O–H groups in total. The van der Waals surface area contributed by atoms with Crippen LogP contribution >= 0.6 is 0 Å². The van der Waals surface area contributed by atoms with Gasteiger partial charge in [-0.05, 0) is 25.8 Å². The lowest BCUT2D eigenvalue weighted by Gasteiger charge is -2.30. The monoisotopic (exact) mass is 229 g/mol. The summed E-state index contributed by atoms with van der Waals surface area (Å²) in [5, 5.41) is 0. The van der Waals surface area contributed by atoms with Crippen molar-refractivity contribution in [1.82, 2.24) is 4.90 Å². The number of hydrogen-bond acceptors (Lipinski definition) is 2. The van der Waals surface area contributed by atoms with E-state index in [0.29, 0.717) is 12.5 Å². The summed E-state index contributed by atoms with van der Waals surface area (Å²) in [6.45, 7) is 5.23. The molecule has 0 fully saturated rings. The molecule has 0 saturated heterocycles. The van der Waals surface area contributed by atoms with Crippen molar-refractivity contribution in [1.29, 1.82) is 0 Å². The Morgan fingerprint density at radius 1 is 1.18 bits per heavy atom. The maximum atomic E-state index is 11.3. The summed E-state index contributed by atoms with van der Waals surface area (Å²) in [5.41, 5.74) is 2.48. The van der Waals surface area contributed by atoms with Gasteiger partial charge in [0.1, 0.15) is 0 Å². The van der Waals surface area contributed by atoms with Gasteiger partial charge in [0.15, 0.2) is 5.78 Å². The molecule has 0 radical (unpaired) electrons. The predicted octanol–water partition coefficient (Wildman–Crippen LogP) is 3.14. The molecule has 0 heterocycles. The molecule has 0 aromatic heterocycles. The van der Waals surface area contributed by atoms with E-state index in [1.54, 1.807) is 0 Å². The second-order valence-corrected chi connectivity index (χ2v) is 4.81. The van der Waals surface area contributed by atoms with E-state index in [1.807, 2.05) is 12.1 Å². The fourth-order valence-corrected chi connectivity index (χ4v) is 2.20. The molecule has 0 atom stereocenters. The van der Waals surface area contributed by atoms with Crippen molar-refractivity contribution < 1.29 is 4.79 Å². The normalized spacial score (nSPS) is 15.2. The fourth-order valence-electron chi connectivity index (χ4n) is 2.20. The maximum Gasteiger partial charge on any atom is 0.157 e. The van der Waals surface area contributed by atoms with Crippen LogP contribution in [0, 0.1) is 0 Å². The van der Waals surface area contributed by atoms with Crippen LogP contribution in [0.4, 0.5) is 0 Å². The summed E-state index contributed by atoms with van der Waals surface area (Å²) in [6.07, 6.45) is 3.38. The number of rotatable bonds is 4. The highest BCUT2D eigenvalue weighted by Gasteiger charge is 2.20. The van der Waals surface area contributed by atoms with Crippen LogP contribution in [-0.4, -0.2) is 16.7 Å². The van der Waals surface area contributed by atoms with Gasteiger partial charge in [-0.15, -0.1) is 0 Å². The second-order valence-electron chi connectivity index (χ2n) is 4.81. The molecule has 1 aliphatic rings. The largest absolute Gasteiger partial charge is 0.368 e. The summed E-state index contributed by atoms with van der Waals surface area (Å²) in [5.74, 6) is 0.263. The highest BCUT2D eigenvalue weighted by Crippen LogP contribution is 2.23. The van der Waals surface area contributed by atoms with Crippen LogP contribution < -0.4 is 0 Å². The average Bonchev–Trinajstić information content (AvgIpc) is 2.73. The number of hydrogen-bond donors (Lipinski definition) is 0. The molecular weight excluding hydrogens is 210 g/mol. The van der Waals surface area contributed by atoms with Crippen LogP contribution in [0.2, 0.25) is 0 Å². The minimum atomic E-state index is 0.263. The van der Waals surface area contributed by atoms with E-state index in [9.17, 15) is 4.79 Å². The van der Waals surface area contributed by atoms with Crippen LogP contribution in [-0.2, 0) is 11.3 Å². The highest BCUT2D eigenvalue weighted by atomic mass is 16.1. The molecule has 2 nitrogen and oxygen atoms in total. The lowest BCUT2D eigenvalue weighted by atomic mass is 10.1. The minimum Gasteiger partial charge on any atom is -0.368 e. The Morgan fingerprint density at radius 2 is 1.88 bits per heavy atom. The van der Waals surface area contributed by atoms with Gasteiger partial charge < -0.3 is 4.90 Å². The number of carbonyl (C=O) groups excluding carboxylic acids is 1. The van der Waals surface area contributed by atoms with Gasteiger partial charge in [0.2, 0.25) is 0 Å². The summed E-state index contributed by atoms with van der Waals surface area (Å²) >= 11 is 0. The summed E-state index contributed by atoms with van der Waals surface area (Å²) in [6, 6.07) is 10.8. The van der Waals surface area contributed by atoms with E-state index >= 15 is 0 Å². The molecule has 0 amide bonds. The first-order chi connectivity index (χ1) is 8.16. The quantitative estimate of drug-likeness (QED) is 0.790. The first-order valence-corrected chi connectivity index (χ1v) is 6.21. The van der Waals surface area contributed by atoms with Crippen LogP contribution in [0.25, 0.3) is 0 Å². The van der Waals surface area contributed by atoms with Crippen molar-refractivity contribution in [2.24, 2.45) is 0 Å². The molecule has 90 valence electrons. The number of allylic oxidation sites excluding steroid dienone is 2. The zero-order chi connectivity index (χ0) is 12.3. The van der Waals surface area contributed by atoms with Gasteiger partial charge in [0, 0.05) is 30.8 Å². The smallest absolute Gasteiger partial charge is 0.157 e. The molecule has 0 aliphatic heterocycles. The van der Waals surface area contributed by atoms with E-state index in [1.165, 1.54) is 11.3 Å². The number of benzene rings is 1. The fraction of sp³-hybridized carbons (Fsp3) is 0.400. The SMILES string of the molecule is CC(C)N(Cc1ccccc1)C1=CC(=O)CC1. The Morgan fingerprint density at radius 3 is 2.41 bits per heavy atom. The van der Waals surface area contributed by atoms with Gasteiger partial charge in [0.05, 0.1) is 0 Å². The third-order valence-corrected chi connectivity index (χ3v) is 3.14. The molecule has 0 bridgehead atoms. The van der Waals surface area contributed by atoms with Gasteiger partial charge in [-0.1, -0.05) is 30.3 Å². The Hall–Kier alpha value is -1.57. The van der Waals surface area contributed by atoms with Gasteiger partial charge in [-0.3, -0.25) is 4.79 Å². The maximum absolute atomic E-state index is 11.3. The molecule has 1 aromatic rings. The van der Waals surface area contributed by atoms with Gasteiger partial charge in [-0.25, -0.2) is 0 Å². The average molecular weight is 229 g/mol. The lowest BCUT2D eigenvalue weighted by Crippen LogP contribution is -2.29. The third kappa shape index (κ3) is 2.96. The highest BCUT2D eigenvalue weighted by molar-refractivity contribution is 5.92. The van der Waals surface area contributed by atoms with Crippen molar-refractivity contribution in [3.05, 3.63) is 47.7 Å². The van der Waals surface area contributed by atoms with Crippen LogP contribution in [0.1, 0.15) is 32.3 Å². The molecule has 17 heavy (non-hydrogen) atoms. The second kappa shape index (κ2) is 5.17. The number of nitrogens with zero attached hydrogens (tertiary/aromatic N) is 1. The van der Waals surface area contributed by atoms with Crippen molar-refractivity contribution in [2.45, 2.75) is 39.3 Å². The molecule has 2 rings (SSSR count). The van der Waals surface area contributed by atoms with Gasteiger partial charge in [-0.2, -0.15) is 0 Å². The lowest BCUT2D eigenvalue weighted by molar-refractivity contribution is -0.114. The molecule has 0 unspecified atom stereocenters. The van der Waals surface area contributed by atoms with Crippen molar-refractivity contribution in [2.75, 3.05) is 0 Å².